The van der Waals surface area contributed by atoms with Crippen LogP contribution in [-0.4, -0.2) is 12.8 Å². The highest BCUT2D eigenvalue weighted by atomic mass is 16.5. The first-order chi connectivity index (χ1) is 9.12. The van der Waals surface area contributed by atoms with Crippen molar-refractivity contribution < 1.29 is 4.74 Å². The number of allylic oxidation sites excluding steroid dienone is 3. The molecule has 0 aromatic heterocycles. The van der Waals surface area contributed by atoms with E-state index in [1.165, 1.54) is 5.57 Å². The lowest BCUT2D eigenvalue weighted by molar-refractivity contribution is 0.187. The molecule has 2 aliphatic rings. The maximum atomic E-state index is 5.57. The Labute approximate surface area is 119 Å². The minimum Gasteiger partial charge on any atom is -0.477 e. The molecule has 110 valence electrons. The van der Waals surface area contributed by atoms with E-state index < -0.39 is 0 Å². The summed E-state index contributed by atoms with van der Waals surface area (Å²) >= 11 is 0. The lowest BCUT2D eigenvalue weighted by Gasteiger charge is -2.24. The fraction of sp³-hybridized carbons (Fsp3) is 0.706. The predicted octanol–water partition coefficient (Wildman–Crippen LogP) is 5.36. The second-order valence-electron chi connectivity index (χ2n) is 4.89. The third kappa shape index (κ3) is 4.85. The summed E-state index contributed by atoms with van der Waals surface area (Å²) in [5, 5.41) is 0. The molecule has 0 saturated heterocycles. The quantitative estimate of drug-likeness (QED) is 0.625. The largest absolute Gasteiger partial charge is 0.477 e. The molecule has 1 unspecified atom stereocenters. The summed E-state index contributed by atoms with van der Waals surface area (Å²) in [4.78, 5) is 4.49. The van der Waals surface area contributed by atoms with E-state index in [2.05, 4.69) is 37.9 Å². The van der Waals surface area contributed by atoms with E-state index in [4.69, 9.17) is 4.74 Å². The first kappa shape index (κ1) is 17.9. The van der Waals surface area contributed by atoms with Gasteiger partial charge in [0.1, 0.15) is 0 Å². The van der Waals surface area contributed by atoms with Crippen LogP contribution < -0.4 is 0 Å². The van der Waals surface area contributed by atoms with Gasteiger partial charge in [-0.2, -0.15) is 0 Å². The Morgan fingerprint density at radius 2 is 1.84 bits per heavy atom. The van der Waals surface area contributed by atoms with Crippen LogP contribution in [0.2, 0.25) is 0 Å². The average Bonchev–Trinajstić information content (AvgIpc) is 2.64. The normalized spacial score (nSPS) is 24.4. The number of aliphatic imine (C=N–C) groups is 1. The van der Waals surface area contributed by atoms with Gasteiger partial charge in [0.2, 0.25) is 5.88 Å². The van der Waals surface area contributed by atoms with E-state index in [0.717, 1.165) is 25.3 Å². The van der Waals surface area contributed by atoms with Crippen molar-refractivity contribution in [3.05, 3.63) is 23.6 Å². The summed E-state index contributed by atoms with van der Waals surface area (Å²) < 4.78 is 5.57. The van der Waals surface area contributed by atoms with Gasteiger partial charge >= 0.3 is 0 Å². The van der Waals surface area contributed by atoms with Gasteiger partial charge in [0.25, 0.3) is 0 Å². The molecule has 0 amide bonds. The summed E-state index contributed by atoms with van der Waals surface area (Å²) in [6.07, 6.45) is 8.69. The molecular weight excluding hydrogens is 234 g/mol. The molecular formula is C17H31NO. The number of nitrogens with zero attached hydrogens (tertiary/aromatic N) is 1. The Morgan fingerprint density at radius 3 is 2.42 bits per heavy atom. The third-order valence-corrected chi connectivity index (χ3v) is 3.45. The Kier molecular flexibility index (Phi) is 8.46. The Hall–Kier alpha value is -1.05. The van der Waals surface area contributed by atoms with Crippen LogP contribution in [0.3, 0.4) is 0 Å². The molecule has 0 aliphatic carbocycles. The van der Waals surface area contributed by atoms with E-state index in [-0.39, 0.29) is 5.41 Å². The van der Waals surface area contributed by atoms with Crippen molar-refractivity contribution in [1.82, 2.24) is 0 Å². The van der Waals surface area contributed by atoms with Gasteiger partial charge in [0, 0.05) is 17.2 Å². The van der Waals surface area contributed by atoms with Crippen molar-refractivity contribution in [1.29, 1.82) is 0 Å². The van der Waals surface area contributed by atoms with Crippen molar-refractivity contribution in [2.75, 3.05) is 6.61 Å². The minimum absolute atomic E-state index is 0.0562. The molecule has 0 bridgehead atoms. The molecule has 2 aliphatic heterocycles. The van der Waals surface area contributed by atoms with Crippen LogP contribution >= 0.6 is 0 Å². The number of hydrogen-bond donors (Lipinski definition) is 0. The fourth-order valence-electron chi connectivity index (χ4n) is 1.77. The SMILES string of the molecule is CC.CC.CC(C)C1(C)C=CC2=C(N=C1)OCCC2. The van der Waals surface area contributed by atoms with Crippen molar-refractivity contribution in [2.45, 2.75) is 61.3 Å². The molecule has 2 heteroatoms. The smallest absolute Gasteiger partial charge is 0.216 e. The van der Waals surface area contributed by atoms with Crippen LogP contribution in [-0.2, 0) is 4.74 Å². The highest BCUT2D eigenvalue weighted by molar-refractivity contribution is 5.71. The van der Waals surface area contributed by atoms with Gasteiger partial charge in [-0.15, -0.1) is 0 Å². The second-order valence-corrected chi connectivity index (χ2v) is 4.89. The molecule has 1 atom stereocenters. The maximum Gasteiger partial charge on any atom is 0.216 e. The molecule has 0 radical (unpaired) electrons. The van der Waals surface area contributed by atoms with E-state index >= 15 is 0 Å². The Morgan fingerprint density at radius 1 is 1.21 bits per heavy atom. The molecule has 0 fully saturated rings. The van der Waals surface area contributed by atoms with Gasteiger partial charge in [-0.1, -0.05) is 60.6 Å². The second kappa shape index (κ2) is 8.95. The zero-order valence-electron chi connectivity index (χ0n) is 13.8. The van der Waals surface area contributed by atoms with Gasteiger partial charge in [0.15, 0.2) is 0 Å². The van der Waals surface area contributed by atoms with Crippen LogP contribution in [0.5, 0.6) is 0 Å². The fourth-order valence-corrected chi connectivity index (χ4v) is 1.77. The molecule has 0 spiro atoms. The highest BCUT2D eigenvalue weighted by Crippen LogP contribution is 2.32. The Balaban J connectivity index is 0.000000741. The van der Waals surface area contributed by atoms with Crippen LogP contribution in [0.4, 0.5) is 0 Å². The summed E-state index contributed by atoms with van der Waals surface area (Å²) in [7, 11) is 0. The van der Waals surface area contributed by atoms with Crippen molar-refractivity contribution in [2.24, 2.45) is 16.3 Å². The standard InChI is InChI=1S/C13H19NO.2C2H6/c1-10(2)13(3)7-6-11-5-4-8-15-12(11)14-9-13;2*1-2/h6-7,9-10H,4-5,8H2,1-3H3;2*1-2H3. The van der Waals surface area contributed by atoms with Crippen LogP contribution in [0, 0.1) is 11.3 Å². The molecule has 0 aromatic rings. The third-order valence-electron chi connectivity index (χ3n) is 3.45. The summed E-state index contributed by atoms with van der Waals surface area (Å²) in [5.41, 5.74) is 1.31. The van der Waals surface area contributed by atoms with E-state index in [1.807, 2.05) is 33.9 Å². The zero-order valence-corrected chi connectivity index (χ0v) is 13.8. The highest BCUT2D eigenvalue weighted by Gasteiger charge is 2.26. The van der Waals surface area contributed by atoms with E-state index in [0.29, 0.717) is 5.92 Å². The summed E-state index contributed by atoms with van der Waals surface area (Å²) in [5.74, 6) is 1.39. The molecule has 2 heterocycles. The van der Waals surface area contributed by atoms with Gasteiger partial charge in [-0.25, -0.2) is 4.99 Å². The van der Waals surface area contributed by atoms with Gasteiger partial charge in [-0.05, 0) is 18.8 Å². The lowest BCUT2D eigenvalue weighted by Crippen LogP contribution is -2.22. The van der Waals surface area contributed by atoms with Crippen molar-refractivity contribution >= 4 is 6.21 Å². The zero-order chi connectivity index (χ0) is 14.9. The first-order valence-electron chi connectivity index (χ1n) is 7.72. The molecule has 2 rings (SSSR count). The number of ether oxygens (including phenoxy) is 1. The maximum absolute atomic E-state index is 5.57. The summed E-state index contributed by atoms with van der Waals surface area (Å²) in [6.45, 7) is 15.5. The molecule has 0 aromatic carbocycles. The number of rotatable bonds is 1. The minimum atomic E-state index is 0.0562. The van der Waals surface area contributed by atoms with Crippen molar-refractivity contribution in [3.8, 4) is 0 Å². The predicted molar refractivity (Wildman–Crippen MR) is 85.5 cm³/mol. The van der Waals surface area contributed by atoms with Crippen LogP contribution in [0.25, 0.3) is 0 Å². The molecule has 0 saturated carbocycles. The molecule has 19 heavy (non-hydrogen) atoms. The van der Waals surface area contributed by atoms with Gasteiger partial charge in [0.05, 0.1) is 6.61 Å². The van der Waals surface area contributed by atoms with E-state index in [1.54, 1.807) is 0 Å². The van der Waals surface area contributed by atoms with Gasteiger partial charge < -0.3 is 4.74 Å². The molecule has 0 N–H and O–H groups in total. The van der Waals surface area contributed by atoms with Crippen molar-refractivity contribution in [3.63, 3.8) is 0 Å². The van der Waals surface area contributed by atoms with E-state index in [9.17, 15) is 0 Å². The lowest BCUT2D eigenvalue weighted by atomic mass is 9.80. The monoisotopic (exact) mass is 265 g/mol. The number of hydrogen-bond acceptors (Lipinski definition) is 2. The Bertz CT molecular complexity index is 311. The van der Waals surface area contributed by atoms with Crippen LogP contribution in [0.1, 0.15) is 61.3 Å². The summed E-state index contributed by atoms with van der Waals surface area (Å²) in [6, 6.07) is 0. The average molecular weight is 265 g/mol. The molecule has 2 nitrogen and oxygen atoms in total. The van der Waals surface area contributed by atoms with Gasteiger partial charge in [-0.3, -0.25) is 0 Å². The first-order valence-corrected chi connectivity index (χ1v) is 7.72. The topological polar surface area (TPSA) is 21.6 Å². The van der Waals surface area contributed by atoms with Crippen LogP contribution in [0.15, 0.2) is 28.6 Å².